The maximum absolute atomic E-state index is 13.6. The molecule has 2 rings (SSSR count). The number of rotatable bonds is 8. The zero-order valence-corrected chi connectivity index (χ0v) is 13.2. The summed E-state index contributed by atoms with van der Waals surface area (Å²) in [5, 5.41) is 8.66. The van der Waals surface area contributed by atoms with Crippen LogP contribution in [0.1, 0.15) is 24.0 Å². The van der Waals surface area contributed by atoms with Gasteiger partial charge in [-0.25, -0.2) is 4.39 Å². The maximum atomic E-state index is 13.6. The lowest BCUT2D eigenvalue weighted by molar-refractivity contribution is 0.113. The van der Waals surface area contributed by atoms with Gasteiger partial charge in [-0.15, -0.1) is 0 Å². The Balaban J connectivity index is 1.64. The first kappa shape index (κ1) is 17.2. The Kier molecular flexibility index (Phi) is 6.79. The standard InChI is InChI=1S/C17H16ClFN2O2/c18-16-14(11-20)10-15(19)17(21-16)23-9-5-4-8-22-12-13-6-2-1-3-7-13/h1-3,6-7,10H,4-5,8-9,12H2. The van der Waals surface area contributed by atoms with Gasteiger partial charge in [0.1, 0.15) is 6.07 Å². The Morgan fingerprint density at radius 1 is 1.17 bits per heavy atom. The smallest absolute Gasteiger partial charge is 0.251 e. The normalized spacial score (nSPS) is 10.3. The molecule has 6 heteroatoms. The molecular weight excluding hydrogens is 319 g/mol. The van der Waals surface area contributed by atoms with Gasteiger partial charge < -0.3 is 9.47 Å². The zero-order chi connectivity index (χ0) is 16.5. The molecule has 0 fully saturated rings. The topological polar surface area (TPSA) is 55.1 Å². The highest BCUT2D eigenvalue weighted by atomic mass is 35.5. The molecule has 0 atom stereocenters. The zero-order valence-electron chi connectivity index (χ0n) is 12.5. The molecule has 1 aromatic heterocycles. The Bertz CT molecular complexity index is 674. The Morgan fingerprint density at radius 2 is 1.91 bits per heavy atom. The van der Waals surface area contributed by atoms with Crippen molar-refractivity contribution in [1.29, 1.82) is 5.26 Å². The van der Waals surface area contributed by atoms with Crippen molar-refractivity contribution in [2.75, 3.05) is 13.2 Å². The molecule has 0 aliphatic carbocycles. The van der Waals surface area contributed by atoms with Crippen LogP contribution in [0.4, 0.5) is 4.39 Å². The van der Waals surface area contributed by atoms with Gasteiger partial charge in [-0.3, -0.25) is 0 Å². The highest BCUT2D eigenvalue weighted by molar-refractivity contribution is 6.30. The van der Waals surface area contributed by atoms with Gasteiger partial charge >= 0.3 is 0 Å². The van der Waals surface area contributed by atoms with E-state index in [4.69, 9.17) is 26.3 Å². The molecular formula is C17H16ClFN2O2. The van der Waals surface area contributed by atoms with Crippen molar-refractivity contribution >= 4 is 11.6 Å². The number of hydrogen-bond donors (Lipinski definition) is 0. The molecule has 120 valence electrons. The first-order valence-corrected chi connectivity index (χ1v) is 7.59. The summed E-state index contributed by atoms with van der Waals surface area (Å²) in [7, 11) is 0. The van der Waals surface area contributed by atoms with E-state index < -0.39 is 5.82 Å². The molecule has 0 bridgehead atoms. The van der Waals surface area contributed by atoms with Crippen LogP contribution in [0.25, 0.3) is 0 Å². The van der Waals surface area contributed by atoms with Crippen LogP contribution in [-0.2, 0) is 11.3 Å². The number of hydrogen-bond acceptors (Lipinski definition) is 4. The maximum Gasteiger partial charge on any atom is 0.251 e. The van der Waals surface area contributed by atoms with E-state index in [2.05, 4.69) is 4.98 Å². The first-order valence-electron chi connectivity index (χ1n) is 7.21. The molecule has 0 unspecified atom stereocenters. The fraction of sp³-hybridized carbons (Fsp3) is 0.294. The van der Waals surface area contributed by atoms with Crippen molar-refractivity contribution in [3.8, 4) is 11.9 Å². The second-order valence-electron chi connectivity index (χ2n) is 4.82. The second kappa shape index (κ2) is 9.09. The van der Waals surface area contributed by atoms with E-state index in [1.165, 1.54) is 0 Å². The number of ether oxygens (including phenoxy) is 2. The van der Waals surface area contributed by atoms with Crippen molar-refractivity contribution in [2.24, 2.45) is 0 Å². The summed E-state index contributed by atoms with van der Waals surface area (Å²) in [4.78, 5) is 3.73. The monoisotopic (exact) mass is 334 g/mol. The van der Waals surface area contributed by atoms with Crippen molar-refractivity contribution in [3.05, 3.63) is 58.5 Å². The minimum absolute atomic E-state index is 0.00849. The Hall–Kier alpha value is -2.16. The third kappa shape index (κ3) is 5.51. The fourth-order valence-corrected chi connectivity index (χ4v) is 2.04. The van der Waals surface area contributed by atoms with Gasteiger partial charge in [0.2, 0.25) is 0 Å². The summed E-state index contributed by atoms with van der Waals surface area (Å²) in [5.41, 5.74) is 1.12. The van der Waals surface area contributed by atoms with E-state index >= 15 is 0 Å². The molecule has 0 aliphatic heterocycles. The average Bonchev–Trinajstić information content (AvgIpc) is 2.57. The lowest BCUT2D eigenvalue weighted by Gasteiger charge is -2.07. The minimum atomic E-state index is -0.689. The molecule has 0 saturated carbocycles. The average molecular weight is 335 g/mol. The number of nitriles is 1. The van der Waals surface area contributed by atoms with Crippen LogP contribution in [0, 0.1) is 17.1 Å². The Labute approximate surface area is 139 Å². The molecule has 0 N–H and O–H groups in total. The van der Waals surface area contributed by atoms with Gasteiger partial charge in [-0.05, 0) is 18.4 Å². The third-order valence-electron chi connectivity index (χ3n) is 3.05. The molecule has 0 amide bonds. The second-order valence-corrected chi connectivity index (χ2v) is 5.18. The lowest BCUT2D eigenvalue weighted by Crippen LogP contribution is -2.04. The summed E-state index contributed by atoms with van der Waals surface area (Å²) in [5.74, 6) is -0.870. The highest BCUT2D eigenvalue weighted by Gasteiger charge is 2.11. The van der Waals surface area contributed by atoms with Crippen LogP contribution in [-0.4, -0.2) is 18.2 Å². The third-order valence-corrected chi connectivity index (χ3v) is 3.34. The van der Waals surface area contributed by atoms with Crippen molar-refractivity contribution in [1.82, 2.24) is 4.98 Å². The van der Waals surface area contributed by atoms with E-state index in [1.807, 2.05) is 30.3 Å². The van der Waals surface area contributed by atoms with Crippen molar-refractivity contribution in [2.45, 2.75) is 19.4 Å². The summed E-state index contributed by atoms with van der Waals surface area (Å²) in [6, 6.07) is 12.7. The van der Waals surface area contributed by atoms with E-state index in [0.717, 1.165) is 18.1 Å². The molecule has 0 saturated heterocycles. The quantitative estimate of drug-likeness (QED) is 0.538. The van der Waals surface area contributed by atoms with Gasteiger partial charge in [0.25, 0.3) is 5.88 Å². The molecule has 2 aromatic rings. The van der Waals surface area contributed by atoms with Gasteiger partial charge in [0.15, 0.2) is 11.0 Å². The molecule has 0 radical (unpaired) electrons. The number of unbranched alkanes of at least 4 members (excludes halogenated alkanes) is 1. The van der Waals surface area contributed by atoms with Crippen LogP contribution in [0.2, 0.25) is 5.15 Å². The van der Waals surface area contributed by atoms with Gasteiger partial charge in [0.05, 0.1) is 18.8 Å². The molecule has 23 heavy (non-hydrogen) atoms. The number of benzene rings is 1. The first-order chi connectivity index (χ1) is 11.2. The van der Waals surface area contributed by atoms with Crippen LogP contribution in [0.15, 0.2) is 36.4 Å². The van der Waals surface area contributed by atoms with E-state index in [-0.39, 0.29) is 16.6 Å². The minimum Gasteiger partial charge on any atom is -0.476 e. The van der Waals surface area contributed by atoms with Gasteiger partial charge in [-0.1, -0.05) is 41.9 Å². The molecule has 4 nitrogen and oxygen atoms in total. The van der Waals surface area contributed by atoms with Crippen LogP contribution >= 0.6 is 11.6 Å². The molecule has 0 aliphatic rings. The molecule has 1 heterocycles. The molecule has 0 spiro atoms. The summed E-state index contributed by atoms with van der Waals surface area (Å²) < 4.78 is 24.4. The predicted molar refractivity (Wildman–Crippen MR) is 84.7 cm³/mol. The number of pyridine rings is 1. The van der Waals surface area contributed by atoms with Crippen LogP contribution in [0.3, 0.4) is 0 Å². The largest absolute Gasteiger partial charge is 0.476 e. The van der Waals surface area contributed by atoms with E-state index in [1.54, 1.807) is 6.07 Å². The Morgan fingerprint density at radius 3 is 2.65 bits per heavy atom. The number of aromatic nitrogens is 1. The lowest BCUT2D eigenvalue weighted by atomic mass is 10.2. The van der Waals surface area contributed by atoms with Crippen LogP contribution < -0.4 is 4.74 Å². The van der Waals surface area contributed by atoms with E-state index in [0.29, 0.717) is 26.2 Å². The van der Waals surface area contributed by atoms with Gasteiger partial charge in [0, 0.05) is 12.7 Å². The van der Waals surface area contributed by atoms with Crippen LogP contribution in [0.5, 0.6) is 5.88 Å². The predicted octanol–water partition coefficient (Wildman–Crippen LogP) is 4.12. The number of halogens is 2. The SMILES string of the molecule is N#Cc1cc(F)c(OCCCCOCc2ccccc2)nc1Cl. The highest BCUT2D eigenvalue weighted by Crippen LogP contribution is 2.21. The number of nitrogens with zero attached hydrogens (tertiary/aromatic N) is 2. The van der Waals surface area contributed by atoms with Gasteiger partial charge in [-0.2, -0.15) is 10.2 Å². The van der Waals surface area contributed by atoms with Crippen molar-refractivity contribution in [3.63, 3.8) is 0 Å². The summed E-state index contributed by atoms with van der Waals surface area (Å²) in [6.07, 6.45) is 1.49. The summed E-state index contributed by atoms with van der Waals surface area (Å²) >= 11 is 5.74. The summed E-state index contributed by atoms with van der Waals surface area (Å²) in [6.45, 7) is 1.48. The van der Waals surface area contributed by atoms with Crippen molar-refractivity contribution < 1.29 is 13.9 Å². The van der Waals surface area contributed by atoms with E-state index in [9.17, 15) is 4.39 Å². The molecule has 1 aromatic carbocycles. The fourth-order valence-electron chi connectivity index (χ4n) is 1.87.